The predicted molar refractivity (Wildman–Crippen MR) is 100 cm³/mol. The molecule has 0 aliphatic carbocycles. The second-order valence-corrected chi connectivity index (χ2v) is 8.12. The first-order chi connectivity index (χ1) is 14.6. The van der Waals surface area contributed by atoms with Crippen LogP contribution < -0.4 is 11.1 Å². The van der Waals surface area contributed by atoms with Crippen LogP contribution in [-0.2, 0) is 16.1 Å². The van der Waals surface area contributed by atoms with E-state index in [1.807, 2.05) is 0 Å². The molecule has 3 atom stereocenters. The number of carbonyl (C=O) groups excluding carboxylic acids is 4. The third kappa shape index (κ3) is 3.72. The number of nitrogens with two attached hydrogens (primary N) is 1. The normalized spacial score (nSPS) is 27.1. The predicted octanol–water partition coefficient (Wildman–Crippen LogP) is 0.657. The fraction of sp³-hybridized carbons (Fsp3) is 0.500. The second kappa shape index (κ2) is 7.72. The fourth-order valence-corrected chi connectivity index (χ4v) is 4.66. The van der Waals surface area contributed by atoms with Crippen molar-refractivity contribution in [2.75, 3.05) is 19.6 Å². The zero-order valence-corrected chi connectivity index (χ0v) is 16.4. The Kier molecular flexibility index (Phi) is 5.34. The number of halogens is 3. The number of hydrogen-bond acceptors (Lipinski definition) is 6. The number of nitrogens with zero attached hydrogens (tertiary/aromatic N) is 2. The number of likely N-dealkylation sites (tertiary alicyclic amines) is 1. The molecule has 2 fully saturated rings. The third-order valence-corrected chi connectivity index (χ3v) is 6.19. The molecule has 3 heterocycles. The smallest absolute Gasteiger partial charge is 0.330 e. The van der Waals surface area contributed by atoms with Crippen molar-refractivity contribution >= 4 is 23.6 Å². The quantitative estimate of drug-likeness (QED) is 0.668. The van der Waals surface area contributed by atoms with Gasteiger partial charge in [0.1, 0.15) is 6.04 Å². The van der Waals surface area contributed by atoms with Gasteiger partial charge in [-0.15, -0.1) is 0 Å². The summed E-state index contributed by atoms with van der Waals surface area (Å²) in [7, 11) is 0. The number of fused-ring (bicyclic) bond motifs is 1. The average molecular weight is 438 g/mol. The average Bonchev–Trinajstić information content (AvgIpc) is 3.22. The number of hydrogen-bond donors (Lipinski definition) is 2. The second-order valence-electron chi connectivity index (χ2n) is 8.12. The van der Waals surface area contributed by atoms with Gasteiger partial charge in [0.05, 0.1) is 17.0 Å². The van der Waals surface area contributed by atoms with Gasteiger partial charge in [0.2, 0.25) is 11.8 Å². The van der Waals surface area contributed by atoms with Gasteiger partial charge in [-0.3, -0.25) is 34.3 Å². The third-order valence-electron chi connectivity index (χ3n) is 6.19. The highest BCUT2D eigenvalue weighted by molar-refractivity contribution is 6.24. The van der Waals surface area contributed by atoms with Crippen molar-refractivity contribution in [1.82, 2.24) is 15.1 Å². The van der Waals surface area contributed by atoms with E-state index in [-0.39, 0.29) is 50.1 Å². The minimum absolute atomic E-state index is 0.00372. The maximum Gasteiger partial charge on any atom is 0.393 e. The van der Waals surface area contributed by atoms with E-state index >= 15 is 0 Å². The SMILES string of the molecule is NCC1CN(Cc2cccc3c2C(=O)N(C2CCC(=O)NC2=O)C3=O)CC1C(F)(F)F. The molecule has 11 heteroatoms. The Morgan fingerprint density at radius 1 is 1.10 bits per heavy atom. The summed E-state index contributed by atoms with van der Waals surface area (Å²) in [4.78, 5) is 52.0. The minimum atomic E-state index is -4.37. The van der Waals surface area contributed by atoms with Gasteiger partial charge in [-0.05, 0) is 30.5 Å². The van der Waals surface area contributed by atoms with Gasteiger partial charge in [0, 0.05) is 26.1 Å². The van der Waals surface area contributed by atoms with E-state index in [9.17, 15) is 32.3 Å². The van der Waals surface area contributed by atoms with Gasteiger partial charge in [-0.1, -0.05) is 12.1 Å². The number of imide groups is 2. The van der Waals surface area contributed by atoms with Crippen molar-refractivity contribution in [2.24, 2.45) is 17.6 Å². The molecule has 0 aromatic heterocycles. The van der Waals surface area contributed by atoms with Gasteiger partial charge < -0.3 is 5.73 Å². The maximum absolute atomic E-state index is 13.3. The molecule has 3 aliphatic heterocycles. The van der Waals surface area contributed by atoms with Gasteiger partial charge in [-0.2, -0.15) is 13.2 Å². The Morgan fingerprint density at radius 2 is 1.84 bits per heavy atom. The molecule has 4 amide bonds. The Hall–Kier alpha value is -2.79. The first kappa shape index (κ1) is 21.4. The zero-order valence-electron chi connectivity index (χ0n) is 16.4. The van der Waals surface area contributed by atoms with Gasteiger partial charge >= 0.3 is 6.18 Å². The molecule has 0 radical (unpaired) electrons. The van der Waals surface area contributed by atoms with E-state index in [0.717, 1.165) is 4.90 Å². The van der Waals surface area contributed by atoms with Crippen LogP contribution in [0.1, 0.15) is 39.1 Å². The number of nitrogens with one attached hydrogen (secondary N) is 1. The molecule has 3 N–H and O–H groups in total. The van der Waals surface area contributed by atoms with Crippen LogP contribution in [0.5, 0.6) is 0 Å². The number of alkyl halides is 3. The number of piperidine rings is 1. The number of rotatable bonds is 4. The van der Waals surface area contributed by atoms with Crippen LogP contribution in [0.2, 0.25) is 0 Å². The highest BCUT2D eigenvalue weighted by atomic mass is 19.4. The lowest BCUT2D eigenvalue weighted by atomic mass is 9.96. The van der Waals surface area contributed by atoms with E-state index in [0.29, 0.717) is 5.56 Å². The molecule has 0 bridgehead atoms. The lowest BCUT2D eigenvalue weighted by molar-refractivity contribution is -0.179. The molecule has 8 nitrogen and oxygen atoms in total. The fourth-order valence-electron chi connectivity index (χ4n) is 4.66. The van der Waals surface area contributed by atoms with Crippen LogP contribution in [0.15, 0.2) is 18.2 Å². The van der Waals surface area contributed by atoms with E-state index in [2.05, 4.69) is 5.32 Å². The lowest BCUT2D eigenvalue weighted by Gasteiger charge is -2.28. The van der Waals surface area contributed by atoms with Crippen molar-refractivity contribution in [3.8, 4) is 0 Å². The summed E-state index contributed by atoms with van der Waals surface area (Å²) < 4.78 is 39.9. The first-order valence-electron chi connectivity index (χ1n) is 9.94. The number of carbonyl (C=O) groups is 4. The molecular formula is C20H21F3N4O4. The largest absolute Gasteiger partial charge is 0.393 e. The van der Waals surface area contributed by atoms with E-state index < -0.39 is 47.7 Å². The number of benzene rings is 1. The summed E-state index contributed by atoms with van der Waals surface area (Å²) in [6.45, 7) is -0.167. The van der Waals surface area contributed by atoms with Crippen molar-refractivity contribution in [3.05, 3.63) is 34.9 Å². The summed E-state index contributed by atoms with van der Waals surface area (Å²) in [5.74, 6) is -4.80. The highest BCUT2D eigenvalue weighted by Gasteiger charge is 2.50. The van der Waals surface area contributed by atoms with E-state index in [1.165, 1.54) is 6.07 Å². The molecule has 2 saturated heterocycles. The summed E-state index contributed by atoms with van der Waals surface area (Å²) in [5.41, 5.74) is 6.16. The van der Waals surface area contributed by atoms with Crippen LogP contribution in [0.25, 0.3) is 0 Å². The molecule has 1 aromatic rings. The van der Waals surface area contributed by atoms with Crippen LogP contribution in [-0.4, -0.2) is 65.3 Å². The summed E-state index contributed by atoms with van der Waals surface area (Å²) in [5, 5.41) is 2.13. The van der Waals surface area contributed by atoms with Gasteiger partial charge in [0.15, 0.2) is 0 Å². The molecule has 0 spiro atoms. The summed E-state index contributed by atoms with van der Waals surface area (Å²) >= 11 is 0. The van der Waals surface area contributed by atoms with Crippen LogP contribution >= 0.6 is 0 Å². The Morgan fingerprint density at radius 3 is 2.45 bits per heavy atom. The minimum Gasteiger partial charge on any atom is -0.330 e. The molecule has 3 aliphatic rings. The first-order valence-corrected chi connectivity index (χ1v) is 9.94. The molecule has 3 unspecified atom stereocenters. The molecular weight excluding hydrogens is 417 g/mol. The van der Waals surface area contributed by atoms with Crippen LogP contribution in [0.3, 0.4) is 0 Å². The molecule has 31 heavy (non-hydrogen) atoms. The summed E-state index contributed by atoms with van der Waals surface area (Å²) in [6.07, 6.45) is -4.33. The van der Waals surface area contributed by atoms with Crippen molar-refractivity contribution in [1.29, 1.82) is 0 Å². The Bertz CT molecular complexity index is 964. The topological polar surface area (TPSA) is 113 Å². The highest BCUT2D eigenvalue weighted by Crippen LogP contribution is 2.38. The van der Waals surface area contributed by atoms with Crippen LogP contribution in [0.4, 0.5) is 13.2 Å². The molecule has 0 saturated carbocycles. The van der Waals surface area contributed by atoms with Crippen molar-refractivity contribution < 1.29 is 32.3 Å². The molecule has 1 aromatic carbocycles. The van der Waals surface area contributed by atoms with E-state index in [4.69, 9.17) is 5.73 Å². The summed E-state index contributed by atoms with van der Waals surface area (Å²) in [6, 6.07) is 3.51. The zero-order chi connectivity index (χ0) is 22.5. The number of amides is 4. The monoisotopic (exact) mass is 438 g/mol. The van der Waals surface area contributed by atoms with Crippen LogP contribution in [0, 0.1) is 11.8 Å². The van der Waals surface area contributed by atoms with Gasteiger partial charge in [-0.25, -0.2) is 0 Å². The van der Waals surface area contributed by atoms with E-state index in [1.54, 1.807) is 17.0 Å². The lowest BCUT2D eigenvalue weighted by Crippen LogP contribution is -2.54. The Balaban J connectivity index is 1.58. The standard InChI is InChI=1S/C20H21F3N4O4/c21-20(22,23)13-9-26(8-11(13)6-24)7-10-2-1-3-12-16(10)19(31)27(18(12)30)14-4-5-15(28)25-17(14)29/h1-3,11,13-14H,4-9,24H2,(H,25,28,29). The van der Waals surface area contributed by atoms with Gasteiger partial charge in [0.25, 0.3) is 11.8 Å². The Labute approximate surface area is 175 Å². The maximum atomic E-state index is 13.3. The molecule has 4 rings (SSSR count). The van der Waals surface area contributed by atoms with Crippen molar-refractivity contribution in [2.45, 2.75) is 31.6 Å². The molecule has 166 valence electrons. The van der Waals surface area contributed by atoms with Crippen molar-refractivity contribution in [3.63, 3.8) is 0 Å².